The SMILES string of the molecule is Br.CN1C(c2ccc(Cl)c(S(=O)(=O)Cl)c2)=CS(=N)C1c1ccccc1. The number of rotatable bonds is 3. The predicted octanol–water partition coefficient (Wildman–Crippen LogP) is 5.17. The number of halogens is 3. The number of nitrogens with one attached hydrogen (secondary N) is 1. The van der Waals surface area contributed by atoms with Crippen molar-refractivity contribution in [3.63, 3.8) is 0 Å². The molecule has 1 aliphatic rings. The summed E-state index contributed by atoms with van der Waals surface area (Å²) in [6, 6.07) is 14.5. The van der Waals surface area contributed by atoms with Crippen molar-refractivity contribution >= 4 is 64.7 Å². The van der Waals surface area contributed by atoms with Crippen LogP contribution in [0.1, 0.15) is 16.5 Å². The van der Waals surface area contributed by atoms with Gasteiger partial charge in [0.05, 0.1) is 10.7 Å². The van der Waals surface area contributed by atoms with Gasteiger partial charge in [-0.05, 0) is 23.3 Å². The van der Waals surface area contributed by atoms with E-state index in [9.17, 15) is 8.42 Å². The molecule has 25 heavy (non-hydrogen) atoms. The van der Waals surface area contributed by atoms with Gasteiger partial charge in [-0.25, -0.2) is 8.42 Å². The molecular weight excluding hydrogens is 467 g/mol. The second-order valence-electron chi connectivity index (χ2n) is 5.33. The molecule has 0 amide bonds. The molecule has 134 valence electrons. The highest BCUT2D eigenvalue weighted by Gasteiger charge is 2.29. The molecule has 0 saturated heterocycles. The van der Waals surface area contributed by atoms with Crippen molar-refractivity contribution in [2.45, 2.75) is 10.3 Å². The first-order valence-electron chi connectivity index (χ1n) is 6.96. The van der Waals surface area contributed by atoms with Crippen molar-refractivity contribution in [1.29, 1.82) is 4.78 Å². The fourth-order valence-corrected chi connectivity index (χ4v) is 5.74. The monoisotopic (exact) mass is 480 g/mol. The molecule has 1 aliphatic heterocycles. The summed E-state index contributed by atoms with van der Waals surface area (Å²) in [5.41, 5.74) is 2.51. The van der Waals surface area contributed by atoms with Crippen LogP contribution in [0.25, 0.3) is 5.70 Å². The molecule has 2 aromatic rings. The van der Waals surface area contributed by atoms with Crippen LogP contribution in [0.4, 0.5) is 0 Å². The topological polar surface area (TPSA) is 61.2 Å². The van der Waals surface area contributed by atoms with Crippen LogP contribution in [0.5, 0.6) is 0 Å². The number of hydrogen-bond acceptors (Lipinski definition) is 4. The Labute approximate surface area is 169 Å². The van der Waals surface area contributed by atoms with Crippen molar-refractivity contribution in [3.8, 4) is 0 Å². The molecule has 9 heteroatoms. The Morgan fingerprint density at radius 1 is 1.16 bits per heavy atom. The van der Waals surface area contributed by atoms with E-state index in [2.05, 4.69) is 0 Å². The average Bonchev–Trinajstić information content (AvgIpc) is 2.82. The van der Waals surface area contributed by atoms with Crippen LogP contribution >= 0.6 is 39.3 Å². The van der Waals surface area contributed by atoms with E-state index in [-0.39, 0.29) is 32.3 Å². The van der Waals surface area contributed by atoms with Gasteiger partial charge in [0.15, 0.2) is 0 Å². The van der Waals surface area contributed by atoms with Crippen LogP contribution in [-0.4, -0.2) is 20.4 Å². The quantitative estimate of drug-likeness (QED) is 0.615. The highest BCUT2D eigenvalue weighted by atomic mass is 79.9. The molecular formula is C16H15BrCl2N2O2S2. The molecule has 2 atom stereocenters. The lowest BCUT2D eigenvalue weighted by molar-refractivity contribution is 0.469. The standard InChI is InChI=1S/C16H14Cl2N2O2S2.BrH/c1-20-14(10-23(19)16(20)11-5-3-2-4-6-11)12-7-8-13(17)15(9-12)24(18,21)22;/h2-10,16,19H,1H3;1H. The summed E-state index contributed by atoms with van der Waals surface area (Å²) < 4.78 is 31.7. The van der Waals surface area contributed by atoms with E-state index in [1.54, 1.807) is 6.07 Å². The van der Waals surface area contributed by atoms with Crippen molar-refractivity contribution in [2.75, 3.05) is 7.05 Å². The molecule has 0 aromatic heterocycles. The van der Waals surface area contributed by atoms with Gasteiger partial charge in [0.1, 0.15) is 10.3 Å². The van der Waals surface area contributed by atoms with Gasteiger partial charge in [0.25, 0.3) is 9.05 Å². The molecule has 0 aliphatic carbocycles. The molecule has 1 N–H and O–H groups in total. The fourth-order valence-electron chi connectivity index (χ4n) is 2.67. The van der Waals surface area contributed by atoms with Crippen LogP contribution in [0.3, 0.4) is 0 Å². The normalized spacial score (nSPS) is 20.1. The van der Waals surface area contributed by atoms with E-state index in [0.717, 1.165) is 11.3 Å². The summed E-state index contributed by atoms with van der Waals surface area (Å²) in [6.45, 7) is 0. The first kappa shape index (κ1) is 20.5. The Kier molecular flexibility index (Phi) is 6.38. The van der Waals surface area contributed by atoms with Gasteiger partial charge in [-0.15, -0.1) is 17.0 Å². The van der Waals surface area contributed by atoms with E-state index >= 15 is 0 Å². The number of benzene rings is 2. The lowest BCUT2D eigenvalue weighted by Gasteiger charge is -2.25. The smallest absolute Gasteiger partial charge is 0.262 e. The van der Waals surface area contributed by atoms with Crippen LogP contribution in [-0.2, 0) is 19.7 Å². The maximum absolute atomic E-state index is 11.7. The third-order valence-electron chi connectivity index (χ3n) is 3.79. The number of hydrogen-bond donors (Lipinski definition) is 1. The third kappa shape index (κ3) is 4.11. The minimum absolute atomic E-state index is 0. The highest BCUT2D eigenvalue weighted by Crippen LogP contribution is 2.39. The van der Waals surface area contributed by atoms with Crippen molar-refractivity contribution in [3.05, 3.63) is 70.1 Å². The van der Waals surface area contributed by atoms with Crippen molar-refractivity contribution in [2.24, 2.45) is 0 Å². The zero-order valence-corrected chi connectivity index (χ0v) is 17.9. The highest BCUT2D eigenvalue weighted by molar-refractivity contribution is 8.93. The minimum atomic E-state index is -3.93. The van der Waals surface area contributed by atoms with Gasteiger partial charge in [-0.2, -0.15) is 0 Å². The van der Waals surface area contributed by atoms with Gasteiger partial charge >= 0.3 is 0 Å². The van der Waals surface area contributed by atoms with Gasteiger partial charge in [0, 0.05) is 23.1 Å². The summed E-state index contributed by atoms with van der Waals surface area (Å²) in [4.78, 5) is 1.87. The first-order valence-corrected chi connectivity index (χ1v) is 11.0. The average molecular weight is 482 g/mol. The van der Waals surface area contributed by atoms with Gasteiger partial charge in [-0.3, -0.25) is 4.78 Å². The zero-order valence-electron chi connectivity index (χ0n) is 13.0. The van der Waals surface area contributed by atoms with E-state index < -0.39 is 19.7 Å². The molecule has 1 heterocycles. The first-order chi connectivity index (χ1) is 11.3. The van der Waals surface area contributed by atoms with Crippen LogP contribution in [0.15, 0.2) is 58.8 Å². The molecule has 0 saturated carbocycles. The molecule has 0 radical (unpaired) electrons. The second kappa shape index (κ2) is 7.80. The molecule has 0 fully saturated rings. The lowest BCUT2D eigenvalue weighted by Crippen LogP contribution is -2.19. The van der Waals surface area contributed by atoms with Crippen molar-refractivity contribution in [1.82, 2.24) is 4.90 Å². The van der Waals surface area contributed by atoms with Crippen molar-refractivity contribution < 1.29 is 8.42 Å². The summed E-state index contributed by atoms with van der Waals surface area (Å²) in [5, 5.41) is 1.82. The van der Waals surface area contributed by atoms with E-state index in [4.69, 9.17) is 27.1 Å². The summed E-state index contributed by atoms with van der Waals surface area (Å²) in [7, 11) is 2.66. The molecule has 2 unspecified atom stereocenters. The fraction of sp³-hybridized carbons (Fsp3) is 0.125. The zero-order chi connectivity index (χ0) is 17.5. The largest absolute Gasteiger partial charge is 0.357 e. The third-order valence-corrected chi connectivity index (χ3v) is 7.14. The lowest BCUT2D eigenvalue weighted by atomic mass is 10.1. The molecule has 2 aromatic carbocycles. The predicted molar refractivity (Wildman–Crippen MR) is 110 cm³/mol. The summed E-state index contributed by atoms with van der Waals surface area (Å²) >= 11 is 5.95. The number of nitrogens with zero attached hydrogens (tertiary/aromatic N) is 1. The Hall–Kier alpha value is -0.860. The molecule has 0 bridgehead atoms. The Morgan fingerprint density at radius 3 is 2.40 bits per heavy atom. The van der Waals surface area contributed by atoms with Crippen LogP contribution in [0, 0.1) is 4.78 Å². The minimum Gasteiger partial charge on any atom is -0.357 e. The van der Waals surface area contributed by atoms with E-state index in [0.29, 0.717) is 5.56 Å². The van der Waals surface area contributed by atoms with E-state index in [1.807, 2.05) is 47.7 Å². The Balaban J connectivity index is 0.00000225. The molecule has 3 rings (SSSR count). The Morgan fingerprint density at radius 2 is 1.80 bits per heavy atom. The van der Waals surface area contributed by atoms with E-state index in [1.165, 1.54) is 12.1 Å². The second-order valence-corrected chi connectivity index (χ2v) is 9.70. The van der Waals surface area contributed by atoms with Gasteiger partial charge in [0.2, 0.25) is 0 Å². The maximum atomic E-state index is 11.7. The van der Waals surface area contributed by atoms with Crippen LogP contribution in [0.2, 0.25) is 5.02 Å². The van der Waals surface area contributed by atoms with Crippen LogP contribution < -0.4 is 0 Å². The Bertz CT molecular complexity index is 950. The maximum Gasteiger partial charge on any atom is 0.262 e. The van der Waals surface area contributed by atoms with Gasteiger partial charge in [-0.1, -0.05) is 58.7 Å². The molecule has 4 nitrogen and oxygen atoms in total. The summed E-state index contributed by atoms with van der Waals surface area (Å²) in [6.07, 6.45) is 0. The molecule has 0 spiro atoms. The summed E-state index contributed by atoms with van der Waals surface area (Å²) in [5.74, 6) is 0. The van der Waals surface area contributed by atoms with Gasteiger partial charge < -0.3 is 4.90 Å².